The van der Waals surface area contributed by atoms with E-state index in [0.717, 1.165) is 18.1 Å². The van der Waals surface area contributed by atoms with E-state index in [9.17, 15) is 0 Å². The van der Waals surface area contributed by atoms with Crippen LogP contribution in [0.2, 0.25) is 0 Å². The molecule has 0 aromatic heterocycles. The van der Waals surface area contributed by atoms with E-state index < -0.39 is 0 Å². The van der Waals surface area contributed by atoms with Crippen LogP contribution in [0.15, 0.2) is 0 Å². The van der Waals surface area contributed by atoms with Crippen LogP contribution in [-0.4, -0.2) is 36.6 Å². The van der Waals surface area contributed by atoms with Gasteiger partial charge in [-0.05, 0) is 57.4 Å². The van der Waals surface area contributed by atoms with Crippen molar-refractivity contribution >= 4 is 0 Å². The molecule has 0 amide bonds. The molecular weight excluding hydrogens is 220 g/mol. The summed E-state index contributed by atoms with van der Waals surface area (Å²) in [6, 6.07) is 2.56. The van der Waals surface area contributed by atoms with Gasteiger partial charge in [0.1, 0.15) is 0 Å². The molecule has 2 atom stereocenters. The minimum Gasteiger partial charge on any atom is -0.317 e. The third-order valence-electron chi connectivity index (χ3n) is 6.22. The van der Waals surface area contributed by atoms with Gasteiger partial charge in [0.2, 0.25) is 0 Å². The fourth-order valence-electron chi connectivity index (χ4n) is 4.66. The summed E-state index contributed by atoms with van der Waals surface area (Å²) in [5, 5.41) is 3.53. The lowest BCUT2D eigenvalue weighted by molar-refractivity contribution is -0.0346. The Hall–Kier alpha value is -0.0800. The summed E-state index contributed by atoms with van der Waals surface area (Å²) in [6.07, 6.45) is 13.0. The number of hydrogen-bond donors (Lipinski definition) is 1. The molecule has 1 N–H and O–H groups in total. The van der Waals surface area contributed by atoms with Crippen LogP contribution >= 0.6 is 0 Å². The summed E-state index contributed by atoms with van der Waals surface area (Å²) in [5.74, 6) is 0. The van der Waals surface area contributed by atoms with E-state index in [2.05, 4.69) is 24.2 Å². The maximum Gasteiger partial charge on any atom is 0.0113 e. The molecule has 2 unspecified atom stereocenters. The van der Waals surface area contributed by atoms with Crippen LogP contribution in [0.5, 0.6) is 0 Å². The smallest absolute Gasteiger partial charge is 0.0113 e. The molecule has 2 heterocycles. The highest BCUT2D eigenvalue weighted by atomic mass is 15.2. The van der Waals surface area contributed by atoms with Gasteiger partial charge in [0.15, 0.2) is 0 Å². The Morgan fingerprint density at radius 3 is 2.22 bits per heavy atom. The SMILES string of the molecule is CCC1(CN2C3CCCC2CC(NC)C3)CCC1. The predicted octanol–water partition coefficient (Wildman–Crippen LogP) is 3.17. The van der Waals surface area contributed by atoms with Gasteiger partial charge >= 0.3 is 0 Å². The first-order valence-corrected chi connectivity index (χ1v) is 8.19. The van der Waals surface area contributed by atoms with E-state index in [4.69, 9.17) is 0 Å². The van der Waals surface area contributed by atoms with E-state index in [1.807, 2.05) is 0 Å². The monoisotopic (exact) mass is 250 g/mol. The molecule has 3 rings (SSSR count). The standard InChI is InChI=1S/C16H30N2/c1-3-16(8-5-9-16)12-18-14-6-4-7-15(18)11-13(10-14)17-2/h13-15,17H,3-12H2,1-2H3. The minimum atomic E-state index is 0.709. The molecule has 18 heavy (non-hydrogen) atoms. The molecule has 0 aromatic rings. The Morgan fingerprint density at radius 1 is 1.11 bits per heavy atom. The lowest BCUT2D eigenvalue weighted by Crippen LogP contribution is -2.59. The molecule has 1 saturated carbocycles. The second kappa shape index (κ2) is 5.13. The van der Waals surface area contributed by atoms with Gasteiger partial charge in [-0.1, -0.05) is 19.8 Å². The molecule has 0 aromatic carbocycles. The van der Waals surface area contributed by atoms with Crippen LogP contribution in [0.3, 0.4) is 0 Å². The molecule has 2 nitrogen and oxygen atoms in total. The fourth-order valence-corrected chi connectivity index (χ4v) is 4.66. The van der Waals surface area contributed by atoms with Crippen LogP contribution < -0.4 is 5.32 Å². The summed E-state index contributed by atoms with van der Waals surface area (Å²) in [6.45, 7) is 3.82. The van der Waals surface area contributed by atoms with Gasteiger partial charge in [0.25, 0.3) is 0 Å². The van der Waals surface area contributed by atoms with Crippen LogP contribution in [0, 0.1) is 5.41 Å². The molecule has 2 aliphatic heterocycles. The lowest BCUT2D eigenvalue weighted by Gasteiger charge is -2.54. The van der Waals surface area contributed by atoms with Gasteiger partial charge in [0, 0.05) is 24.7 Å². The number of hydrogen-bond acceptors (Lipinski definition) is 2. The van der Waals surface area contributed by atoms with Crippen LogP contribution in [-0.2, 0) is 0 Å². The number of rotatable bonds is 4. The van der Waals surface area contributed by atoms with Gasteiger partial charge in [0.05, 0.1) is 0 Å². The van der Waals surface area contributed by atoms with E-state index >= 15 is 0 Å². The average Bonchev–Trinajstić information content (AvgIpc) is 2.33. The summed E-state index contributed by atoms with van der Waals surface area (Å²) in [4.78, 5) is 2.93. The second-order valence-corrected chi connectivity index (χ2v) is 7.07. The zero-order chi connectivity index (χ0) is 12.6. The summed E-state index contributed by atoms with van der Waals surface area (Å²) >= 11 is 0. The first kappa shape index (κ1) is 12.9. The molecule has 2 bridgehead atoms. The number of nitrogens with zero attached hydrogens (tertiary/aromatic N) is 1. The molecule has 1 aliphatic carbocycles. The zero-order valence-electron chi connectivity index (χ0n) is 12.3. The van der Waals surface area contributed by atoms with Crippen molar-refractivity contribution < 1.29 is 0 Å². The number of nitrogens with one attached hydrogen (secondary N) is 1. The fraction of sp³-hybridized carbons (Fsp3) is 1.00. The highest BCUT2D eigenvalue weighted by Crippen LogP contribution is 2.47. The normalized spacial score (nSPS) is 39.3. The second-order valence-electron chi connectivity index (χ2n) is 7.07. The average molecular weight is 250 g/mol. The quantitative estimate of drug-likeness (QED) is 0.824. The lowest BCUT2D eigenvalue weighted by atomic mass is 9.65. The molecular formula is C16H30N2. The largest absolute Gasteiger partial charge is 0.317 e. The predicted molar refractivity (Wildman–Crippen MR) is 76.8 cm³/mol. The summed E-state index contributed by atoms with van der Waals surface area (Å²) in [5.41, 5.74) is 0.709. The highest BCUT2D eigenvalue weighted by Gasteiger charge is 2.43. The first-order chi connectivity index (χ1) is 8.76. The third kappa shape index (κ3) is 2.22. The summed E-state index contributed by atoms with van der Waals surface area (Å²) in [7, 11) is 2.15. The van der Waals surface area contributed by atoms with Gasteiger partial charge in [-0.2, -0.15) is 0 Å². The molecule has 0 spiro atoms. The number of fused-ring (bicyclic) bond motifs is 2. The van der Waals surface area contributed by atoms with Gasteiger partial charge in [-0.25, -0.2) is 0 Å². The van der Waals surface area contributed by atoms with Gasteiger partial charge < -0.3 is 5.32 Å². The van der Waals surface area contributed by atoms with Crippen molar-refractivity contribution in [3.05, 3.63) is 0 Å². The molecule has 104 valence electrons. The van der Waals surface area contributed by atoms with Crippen LogP contribution in [0.1, 0.15) is 64.7 Å². The van der Waals surface area contributed by atoms with Crippen molar-refractivity contribution in [2.45, 2.75) is 82.8 Å². The molecule has 2 heteroatoms. The maximum atomic E-state index is 3.53. The topological polar surface area (TPSA) is 15.3 Å². The molecule has 0 radical (unpaired) electrons. The van der Waals surface area contributed by atoms with E-state index in [0.29, 0.717) is 5.41 Å². The van der Waals surface area contributed by atoms with Crippen molar-refractivity contribution in [3.8, 4) is 0 Å². The van der Waals surface area contributed by atoms with E-state index in [1.54, 1.807) is 0 Å². The van der Waals surface area contributed by atoms with E-state index in [1.165, 1.54) is 64.3 Å². The first-order valence-electron chi connectivity index (χ1n) is 8.19. The van der Waals surface area contributed by atoms with Gasteiger partial charge in [-0.3, -0.25) is 4.90 Å². The summed E-state index contributed by atoms with van der Waals surface area (Å²) < 4.78 is 0. The molecule has 3 aliphatic rings. The van der Waals surface area contributed by atoms with Crippen molar-refractivity contribution in [3.63, 3.8) is 0 Å². The Labute approximate surface area is 113 Å². The maximum absolute atomic E-state index is 3.53. The highest BCUT2D eigenvalue weighted by molar-refractivity contribution is 4.99. The van der Waals surface area contributed by atoms with Crippen molar-refractivity contribution in [2.75, 3.05) is 13.6 Å². The molecule has 2 saturated heterocycles. The number of piperidine rings is 2. The van der Waals surface area contributed by atoms with Crippen molar-refractivity contribution in [1.29, 1.82) is 0 Å². The van der Waals surface area contributed by atoms with Crippen molar-refractivity contribution in [1.82, 2.24) is 10.2 Å². The third-order valence-corrected chi connectivity index (χ3v) is 6.22. The Kier molecular flexibility index (Phi) is 3.68. The Morgan fingerprint density at radius 2 is 1.78 bits per heavy atom. The van der Waals surface area contributed by atoms with Crippen LogP contribution in [0.25, 0.3) is 0 Å². The minimum absolute atomic E-state index is 0.709. The Bertz CT molecular complexity index is 265. The van der Waals surface area contributed by atoms with Crippen LogP contribution in [0.4, 0.5) is 0 Å². The van der Waals surface area contributed by atoms with Crippen molar-refractivity contribution in [2.24, 2.45) is 5.41 Å². The van der Waals surface area contributed by atoms with E-state index in [-0.39, 0.29) is 0 Å². The Balaban J connectivity index is 1.68. The zero-order valence-corrected chi connectivity index (χ0v) is 12.3. The molecule has 3 fully saturated rings. The van der Waals surface area contributed by atoms with Gasteiger partial charge in [-0.15, -0.1) is 0 Å².